The highest BCUT2D eigenvalue weighted by molar-refractivity contribution is 7.83. The van der Waals surface area contributed by atoms with Gasteiger partial charge >= 0.3 is 0 Å². The van der Waals surface area contributed by atoms with E-state index in [1.54, 1.807) is 5.41 Å². The fourth-order valence-electron chi connectivity index (χ4n) is 1.77. The molecule has 2 aromatic carbocycles. The SMILES string of the molecule is CCc1ccc(/N=C(Oc2ccccc2)/C(C)=C/S)cc1. The first-order chi connectivity index (χ1) is 10.2. The molecular formula is C18H19NOS. The predicted octanol–water partition coefficient (Wildman–Crippen LogP) is 5.19. The van der Waals surface area contributed by atoms with Crippen LogP contribution in [0, 0.1) is 0 Å². The van der Waals surface area contributed by atoms with Gasteiger partial charge in [-0.3, -0.25) is 0 Å². The average molecular weight is 297 g/mol. The maximum absolute atomic E-state index is 5.86. The molecule has 2 aromatic rings. The van der Waals surface area contributed by atoms with Gasteiger partial charge in [0.2, 0.25) is 5.90 Å². The first-order valence-corrected chi connectivity index (χ1v) is 7.46. The van der Waals surface area contributed by atoms with Crippen LogP contribution in [-0.2, 0) is 6.42 Å². The molecule has 0 saturated heterocycles. The lowest BCUT2D eigenvalue weighted by molar-refractivity contribution is 0.551. The van der Waals surface area contributed by atoms with Gasteiger partial charge in [0.05, 0.1) is 5.69 Å². The van der Waals surface area contributed by atoms with Gasteiger partial charge in [-0.2, -0.15) is 12.6 Å². The number of aryl methyl sites for hydroxylation is 1. The van der Waals surface area contributed by atoms with Crippen LogP contribution in [0.5, 0.6) is 5.75 Å². The third-order valence-corrected chi connectivity index (χ3v) is 3.45. The highest BCUT2D eigenvalue weighted by Gasteiger charge is 2.05. The van der Waals surface area contributed by atoms with Crippen molar-refractivity contribution in [2.75, 3.05) is 0 Å². The predicted molar refractivity (Wildman–Crippen MR) is 92.7 cm³/mol. The number of rotatable bonds is 4. The molecule has 0 fully saturated rings. The summed E-state index contributed by atoms with van der Waals surface area (Å²) in [5, 5.41) is 1.70. The molecule has 21 heavy (non-hydrogen) atoms. The molecule has 0 saturated carbocycles. The van der Waals surface area contributed by atoms with Crippen LogP contribution in [0.3, 0.4) is 0 Å². The van der Waals surface area contributed by atoms with Crippen molar-refractivity contribution in [2.45, 2.75) is 20.3 Å². The summed E-state index contributed by atoms with van der Waals surface area (Å²) in [5.74, 6) is 1.32. The lowest BCUT2D eigenvalue weighted by atomic mass is 10.1. The minimum atomic E-state index is 0.556. The van der Waals surface area contributed by atoms with Gasteiger partial charge in [-0.25, -0.2) is 4.99 Å². The van der Waals surface area contributed by atoms with Gasteiger partial charge in [-0.15, -0.1) is 0 Å². The quantitative estimate of drug-likeness (QED) is 0.468. The molecule has 0 aliphatic heterocycles. The third kappa shape index (κ3) is 4.50. The zero-order chi connectivity index (χ0) is 15.1. The highest BCUT2D eigenvalue weighted by atomic mass is 32.1. The van der Waals surface area contributed by atoms with Gasteiger partial charge in [0.15, 0.2) is 0 Å². The van der Waals surface area contributed by atoms with E-state index in [4.69, 9.17) is 4.74 Å². The normalized spacial score (nSPS) is 12.3. The highest BCUT2D eigenvalue weighted by Crippen LogP contribution is 2.18. The maximum atomic E-state index is 5.86. The number of nitrogens with zero attached hydrogens (tertiary/aromatic N) is 1. The van der Waals surface area contributed by atoms with E-state index in [1.165, 1.54) is 5.56 Å². The Hall–Kier alpha value is -2.00. The van der Waals surface area contributed by atoms with Crippen molar-refractivity contribution in [1.82, 2.24) is 0 Å². The van der Waals surface area contributed by atoms with Crippen LogP contribution in [0.15, 0.2) is 70.6 Å². The Morgan fingerprint density at radius 3 is 2.33 bits per heavy atom. The monoisotopic (exact) mass is 297 g/mol. The van der Waals surface area contributed by atoms with Crippen molar-refractivity contribution in [3.05, 3.63) is 71.1 Å². The van der Waals surface area contributed by atoms with Crippen molar-refractivity contribution < 1.29 is 4.74 Å². The van der Waals surface area contributed by atoms with Crippen LogP contribution in [-0.4, -0.2) is 5.90 Å². The van der Waals surface area contributed by atoms with Crippen LogP contribution in [0.25, 0.3) is 0 Å². The first-order valence-electron chi connectivity index (χ1n) is 6.95. The van der Waals surface area contributed by atoms with E-state index in [9.17, 15) is 0 Å². The number of benzene rings is 2. The third-order valence-electron chi connectivity index (χ3n) is 3.06. The summed E-state index contributed by atoms with van der Waals surface area (Å²) in [4.78, 5) is 4.58. The number of hydrogen-bond donors (Lipinski definition) is 1. The molecule has 0 aliphatic rings. The lowest BCUT2D eigenvalue weighted by Gasteiger charge is -2.09. The minimum Gasteiger partial charge on any atom is -0.439 e. The summed E-state index contributed by atoms with van der Waals surface area (Å²) in [5.41, 5.74) is 3.04. The summed E-state index contributed by atoms with van der Waals surface area (Å²) < 4.78 is 5.86. The Morgan fingerprint density at radius 1 is 1.10 bits per heavy atom. The summed E-state index contributed by atoms with van der Waals surface area (Å²) in [6.45, 7) is 4.06. The Balaban J connectivity index is 2.28. The molecule has 0 N–H and O–H groups in total. The van der Waals surface area contributed by atoms with Crippen LogP contribution in [0.1, 0.15) is 19.4 Å². The van der Waals surface area contributed by atoms with E-state index < -0.39 is 0 Å². The fourth-order valence-corrected chi connectivity index (χ4v) is 1.88. The van der Waals surface area contributed by atoms with E-state index in [1.807, 2.05) is 49.4 Å². The molecular weight excluding hydrogens is 278 g/mol. The van der Waals surface area contributed by atoms with Crippen molar-refractivity contribution in [2.24, 2.45) is 4.99 Å². The first kappa shape index (κ1) is 15.4. The largest absolute Gasteiger partial charge is 0.439 e. The van der Waals surface area contributed by atoms with Crippen molar-refractivity contribution in [3.8, 4) is 5.75 Å². The van der Waals surface area contributed by atoms with E-state index in [0.29, 0.717) is 5.90 Å². The Bertz CT molecular complexity index is 630. The number of hydrogen-bond acceptors (Lipinski definition) is 3. The molecule has 0 heterocycles. The second kappa shape index (κ2) is 7.70. The molecule has 0 unspecified atom stereocenters. The fraction of sp³-hybridized carbons (Fsp3) is 0.167. The molecule has 108 valence electrons. The van der Waals surface area contributed by atoms with Gasteiger partial charge in [-0.05, 0) is 48.6 Å². The zero-order valence-electron chi connectivity index (χ0n) is 12.3. The van der Waals surface area contributed by atoms with Crippen LogP contribution < -0.4 is 4.74 Å². The molecule has 2 rings (SSSR count). The van der Waals surface area contributed by atoms with Gasteiger partial charge in [0.1, 0.15) is 5.75 Å². The number of aliphatic imine (C=N–C) groups is 1. The summed E-state index contributed by atoms with van der Waals surface area (Å²) in [6, 6.07) is 17.8. The molecule has 2 nitrogen and oxygen atoms in total. The van der Waals surface area contributed by atoms with E-state index in [0.717, 1.165) is 23.4 Å². The second-order valence-electron chi connectivity index (χ2n) is 4.66. The Labute approximate surface area is 131 Å². The van der Waals surface area contributed by atoms with Crippen LogP contribution >= 0.6 is 12.6 Å². The number of thiol groups is 1. The number of ether oxygens (including phenoxy) is 1. The van der Waals surface area contributed by atoms with Crippen molar-refractivity contribution >= 4 is 24.2 Å². The van der Waals surface area contributed by atoms with E-state index in [-0.39, 0.29) is 0 Å². The van der Waals surface area contributed by atoms with Crippen molar-refractivity contribution in [1.29, 1.82) is 0 Å². The van der Waals surface area contributed by atoms with Crippen molar-refractivity contribution in [3.63, 3.8) is 0 Å². The van der Waals surface area contributed by atoms with Gasteiger partial charge < -0.3 is 4.74 Å². The molecule has 3 heteroatoms. The summed E-state index contributed by atoms with van der Waals surface area (Å²) in [6.07, 6.45) is 1.02. The molecule has 0 amide bonds. The average Bonchev–Trinajstić information content (AvgIpc) is 2.55. The van der Waals surface area contributed by atoms with Gasteiger partial charge in [0, 0.05) is 5.57 Å². The Morgan fingerprint density at radius 2 is 1.76 bits per heavy atom. The molecule has 0 spiro atoms. The van der Waals surface area contributed by atoms with Gasteiger partial charge in [-0.1, -0.05) is 37.3 Å². The standard InChI is InChI=1S/C18H19NOS/c1-3-15-9-11-16(12-10-15)19-18(14(2)13-21)20-17-7-5-4-6-8-17/h4-13,21H,3H2,1-2H3/b14-13+,19-18-. The van der Waals surface area contributed by atoms with Crippen LogP contribution in [0.4, 0.5) is 5.69 Å². The number of para-hydroxylation sites is 1. The molecule has 0 aliphatic carbocycles. The van der Waals surface area contributed by atoms with E-state index >= 15 is 0 Å². The van der Waals surface area contributed by atoms with E-state index in [2.05, 4.69) is 36.7 Å². The lowest BCUT2D eigenvalue weighted by Crippen LogP contribution is -2.09. The zero-order valence-corrected chi connectivity index (χ0v) is 13.2. The summed E-state index contributed by atoms with van der Waals surface area (Å²) >= 11 is 4.20. The topological polar surface area (TPSA) is 21.6 Å². The smallest absolute Gasteiger partial charge is 0.223 e. The molecule has 0 radical (unpaired) electrons. The van der Waals surface area contributed by atoms with Crippen LogP contribution in [0.2, 0.25) is 0 Å². The summed E-state index contributed by atoms with van der Waals surface area (Å²) in [7, 11) is 0. The molecule has 0 bridgehead atoms. The Kier molecular flexibility index (Phi) is 5.64. The van der Waals surface area contributed by atoms with Gasteiger partial charge in [0.25, 0.3) is 0 Å². The minimum absolute atomic E-state index is 0.556. The molecule has 0 atom stereocenters. The second-order valence-corrected chi connectivity index (χ2v) is 4.92. The maximum Gasteiger partial charge on any atom is 0.223 e. The molecule has 0 aromatic heterocycles.